The smallest absolute Gasteiger partial charge is 0.138 e. The first-order chi connectivity index (χ1) is 7.41. The van der Waals surface area contributed by atoms with Crippen LogP contribution >= 0.6 is 34.8 Å². The maximum atomic E-state index is 6.13. The van der Waals surface area contributed by atoms with Crippen LogP contribution in [0.5, 0.6) is 5.75 Å². The van der Waals surface area contributed by atoms with Crippen molar-refractivity contribution >= 4 is 34.8 Å². The molecule has 4 heteroatoms. The van der Waals surface area contributed by atoms with Crippen LogP contribution in [0.3, 0.4) is 0 Å². The largest absolute Gasteiger partial charge is 0.488 e. The first-order valence-corrected chi connectivity index (χ1v) is 6.36. The van der Waals surface area contributed by atoms with Crippen molar-refractivity contribution in [3.05, 3.63) is 28.2 Å². The van der Waals surface area contributed by atoms with Crippen LogP contribution < -0.4 is 4.74 Å². The van der Waals surface area contributed by atoms with Crippen molar-refractivity contribution in [3.63, 3.8) is 0 Å². The van der Waals surface area contributed by atoms with Crippen molar-refractivity contribution in [2.24, 2.45) is 5.41 Å². The van der Waals surface area contributed by atoms with Gasteiger partial charge in [0.1, 0.15) is 11.9 Å². The Morgan fingerprint density at radius 1 is 1.31 bits per heavy atom. The lowest BCUT2D eigenvalue weighted by molar-refractivity contribution is -0.0129. The third kappa shape index (κ3) is 2.13. The molecule has 2 rings (SSSR count). The van der Waals surface area contributed by atoms with Crippen molar-refractivity contribution < 1.29 is 4.74 Å². The zero-order valence-corrected chi connectivity index (χ0v) is 11.4. The van der Waals surface area contributed by atoms with Gasteiger partial charge in [0.05, 0.1) is 5.02 Å². The Bertz CT molecular complexity index is 403. The molecule has 2 unspecified atom stereocenters. The molecular weight excluding hydrogens is 266 g/mol. The molecule has 2 atom stereocenters. The molecule has 16 heavy (non-hydrogen) atoms. The number of halogens is 3. The summed E-state index contributed by atoms with van der Waals surface area (Å²) in [7, 11) is 0. The quantitative estimate of drug-likeness (QED) is 0.708. The van der Waals surface area contributed by atoms with Crippen LogP contribution in [0.2, 0.25) is 10.0 Å². The third-order valence-corrected chi connectivity index (χ3v) is 4.49. The van der Waals surface area contributed by atoms with Gasteiger partial charge in [0.25, 0.3) is 0 Å². The highest BCUT2D eigenvalue weighted by molar-refractivity contribution is 6.35. The second-order valence-electron chi connectivity index (χ2n) is 4.71. The van der Waals surface area contributed by atoms with E-state index in [9.17, 15) is 0 Å². The molecule has 1 fully saturated rings. The number of rotatable bonds is 2. The molecule has 0 amide bonds. The van der Waals surface area contributed by atoms with Gasteiger partial charge in [0.2, 0.25) is 0 Å². The molecule has 0 heterocycles. The molecule has 0 radical (unpaired) electrons. The topological polar surface area (TPSA) is 9.23 Å². The molecule has 1 aromatic rings. The monoisotopic (exact) mass is 278 g/mol. The van der Waals surface area contributed by atoms with Crippen LogP contribution in [0.4, 0.5) is 0 Å². The summed E-state index contributed by atoms with van der Waals surface area (Å²) in [4.78, 5) is 0. The van der Waals surface area contributed by atoms with Crippen molar-refractivity contribution in [1.29, 1.82) is 0 Å². The zero-order valence-electron chi connectivity index (χ0n) is 9.14. The molecule has 0 N–H and O–H groups in total. The second-order valence-corrected chi connectivity index (χ2v) is 6.08. The molecule has 1 aliphatic rings. The molecule has 1 nitrogen and oxygen atoms in total. The molecule has 1 saturated carbocycles. The summed E-state index contributed by atoms with van der Waals surface area (Å²) in [5.74, 6) is 0.674. The van der Waals surface area contributed by atoms with Gasteiger partial charge in [-0.25, -0.2) is 0 Å². The fourth-order valence-electron chi connectivity index (χ4n) is 1.76. The first-order valence-electron chi connectivity index (χ1n) is 5.17. The summed E-state index contributed by atoms with van der Waals surface area (Å²) < 4.78 is 5.85. The van der Waals surface area contributed by atoms with Crippen LogP contribution in [0, 0.1) is 5.41 Å². The normalized spacial score (nSPS) is 27.3. The molecule has 88 valence electrons. The van der Waals surface area contributed by atoms with Crippen molar-refractivity contribution in [1.82, 2.24) is 0 Å². The third-order valence-electron chi connectivity index (χ3n) is 3.22. The number of ether oxygens (including phenoxy) is 1. The number of alkyl halides is 1. The van der Waals surface area contributed by atoms with E-state index in [0.717, 1.165) is 6.42 Å². The average Bonchev–Trinajstić information content (AvgIpc) is 2.21. The van der Waals surface area contributed by atoms with Crippen LogP contribution in [-0.4, -0.2) is 11.5 Å². The van der Waals surface area contributed by atoms with E-state index in [4.69, 9.17) is 39.5 Å². The maximum Gasteiger partial charge on any atom is 0.138 e. The van der Waals surface area contributed by atoms with Crippen LogP contribution in [0.15, 0.2) is 18.2 Å². The summed E-state index contributed by atoms with van der Waals surface area (Å²) in [5.41, 5.74) is -0.00940. The molecule has 1 aliphatic carbocycles. The van der Waals surface area contributed by atoms with E-state index >= 15 is 0 Å². The zero-order chi connectivity index (χ0) is 11.9. The van der Waals surface area contributed by atoms with Gasteiger partial charge in [0, 0.05) is 22.2 Å². The highest BCUT2D eigenvalue weighted by atomic mass is 35.5. The Balaban J connectivity index is 2.11. The van der Waals surface area contributed by atoms with Crippen LogP contribution in [-0.2, 0) is 0 Å². The molecule has 0 spiro atoms. The lowest BCUT2D eigenvalue weighted by atomic mass is 9.68. The highest BCUT2D eigenvalue weighted by Crippen LogP contribution is 2.47. The van der Waals surface area contributed by atoms with E-state index in [2.05, 4.69) is 13.8 Å². The van der Waals surface area contributed by atoms with E-state index in [-0.39, 0.29) is 16.9 Å². The molecule has 1 aromatic carbocycles. The fraction of sp³-hybridized carbons (Fsp3) is 0.500. The van der Waals surface area contributed by atoms with Crippen molar-refractivity contribution in [2.75, 3.05) is 0 Å². The minimum atomic E-state index is -0.00940. The Morgan fingerprint density at radius 2 is 2.00 bits per heavy atom. The highest BCUT2D eigenvalue weighted by Gasteiger charge is 2.49. The number of hydrogen-bond donors (Lipinski definition) is 0. The summed E-state index contributed by atoms with van der Waals surface area (Å²) in [6.07, 6.45) is 0.974. The Hall–Kier alpha value is -0.110. The number of benzene rings is 1. The molecule has 0 aromatic heterocycles. The molecule has 0 aliphatic heterocycles. The Kier molecular flexibility index (Phi) is 3.31. The van der Waals surface area contributed by atoms with Crippen LogP contribution in [0.25, 0.3) is 0 Å². The fourth-order valence-corrected chi connectivity index (χ4v) is 2.52. The minimum Gasteiger partial charge on any atom is -0.488 e. The van der Waals surface area contributed by atoms with Gasteiger partial charge in [-0.2, -0.15) is 0 Å². The van der Waals surface area contributed by atoms with E-state index < -0.39 is 0 Å². The van der Waals surface area contributed by atoms with E-state index in [1.54, 1.807) is 18.2 Å². The van der Waals surface area contributed by atoms with Gasteiger partial charge < -0.3 is 4.74 Å². The van der Waals surface area contributed by atoms with Crippen molar-refractivity contribution in [2.45, 2.75) is 31.7 Å². The average molecular weight is 280 g/mol. The van der Waals surface area contributed by atoms with Gasteiger partial charge in [-0.15, -0.1) is 11.6 Å². The van der Waals surface area contributed by atoms with E-state index in [1.165, 1.54) is 0 Å². The summed E-state index contributed by atoms with van der Waals surface area (Å²) >= 11 is 18.0. The summed E-state index contributed by atoms with van der Waals surface area (Å²) in [6, 6.07) is 5.25. The summed E-state index contributed by atoms with van der Waals surface area (Å²) in [5, 5.41) is 1.32. The lowest BCUT2D eigenvalue weighted by Crippen LogP contribution is -2.53. The van der Waals surface area contributed by atoms with Gasteiger partial charge in [-0.1, -0.05) is 37.0 Å². The standard InChI is InChI=1S/C12H13Cl3O/c1-12(2)10(15)6-11(12)16-9-4-3-7(13)5-8(9)14/h3-5,10-11H,6H2,1-2H3. The maximum absolute atomic E-state index is 6.13. The Morgan fingerprint density at radius 3 is 2.50 bits per heavy atom. The first kappa shape index (κ1) is 12.3. The van der Waals surface area contributed by atoms with E-state index in [1.807, 2.05) is 0 Å². The molecule has 0 bridgehead atoms. The predicted octanol–water partition coefficient (Wildman–Crippen LogP) is 4.78. The Labute approximate surface area is 111 Å². The van der Waals surface area contributed by atoms with Gasteiger partial charge >= 0.3 is 0 Å². The van der Waals surface area contributed by atoms with Gasteiger partial charge in [-0.3, -0.25) is 0 Å². The van der Waals surface area contributed by atoms with Gasteiger partial charge in [-0.05, 0) is 18.2 Å². The summed E-state index contributed by atoms with van der Waals surface area (Å²) in [6.45, 7) is 4.20. The predicted molar refractivity (Wildman–Crippen MR) is 68.9 cm³/mol. The molecular formula is C12H13Cl3O. The molecule has 0 saturated heterocycles. The lowest BCUT2D eigenvalue weighted by Gasteiger charge is -2.48. The van der Waals surface area contributed by atoms with Crippen LogP contribution in [0.1, 0.15) is 20.3 Å². The minimum absolute atomic E-state index is 0.00940. The van der Waals surface area contributed by atoms with E-state index in [0.29, 0.717) is 15.8 Å². The number of hydrogen-bond acceptors (Lipinski definition) is 1. The SMILES string of the molecule is CC1(C)C(Cl)CC1Oc1ccc(Cl)cc1Cl. The second kappa shape index (κ2) is 4.29. The van der Waals surface area contributed by atoms with Gasteiger partial charge in [0.15, 0.2) is 0 Å². The van der Waals surface area contributed by atoms with Crippen molar-refractivity contribution in [3.8, 4) is 5.75 Å².